The molecule has 0 bridgehead atoms. The minimum absolute atomic E-state index is 0.188. The van der Waals surface area contributed by atoms with Crippen LogP contribution in [0, 0.1) is 0 Å². The smallest absolute Gasteiger partial charge is 0.261 e. The summed E-state index contributed by atoms with van der Waals surface area (Å²) in [6.07, 6.45) is 2.61. The molecule has 140 valence electrons. The van der Waals surface area contributed by atoms with E-state index in [0.29, 0.717) is 16.8 Å². The van der Waals surface area contributed by atoms with Gasteiger partial charge in [-0.15, -0.1) is 0 Å². The Bertz CT molecular complexity index is 896. The average molecular weight is 395 g/mol. The normalized spacial score (nSPS) is 17.0. The van der Waals surface area contributed by atoms with Crippen molar-refractivity contribution >= 4 is 27.3 Å². The van der Waals surface area contributed by atoms with Gasteiger partial charge >= 0.3 is 0 Å². The predicted octanol–water partition coefficient (Wildman–Crippen LogP) is 3.57. The third-order valence-corrected chi connectivity index (χ3v) is 6.51. The lowest BCUT2D eigenvalue weighted by atomic mass is 9.86. The van der Waals surface area contributed by atoms with E-state index in [-0.39, 0.29) is 4.90 Å². The van der Waals surface area contributed by atoms with Crippen LogP contribution >= 0.6 is 11.6 Å². The lowest BCUT2D eigenvalue weighted by Crippen LogP contribution is -2.34. The zero-order valence-corrected chi connectivity index (χ0v) is 16.7. The number of methoxy groups -OCH3 is 1. The van der Waals surface area contributed by atoms with Crippen molar-refractivity contribution in [2.75, 3.05) is 25.9 Å². The van der Waals surface area contributed by atoms with Crippen molar-refractivity contribution in [3.63, 3.8) is 0 Å². The lowest BCUT2D eigenvalue weighted by Gasteiger charge is -2.32. The van der Waals surface area contributed by atoms with E-state index in [4.69, 9.17) is 16.3 Å². The fourth-order valence-corrected chi connectivity index (χ4v) is 4.59. The molecule has 1 aliphatic carbocycles. The second-order valence-corrected chi connectivity index (χ2v) is 8.81. The summed E-state index contributed by atoms with van der Waals surface area (Å²) in [6.45, 7) is 0. The molecule has 1 aliphatic rings. The maximum atomic E-state index is 12.7. The number of halogens is 1. The van der Waals surface area contributed by atoms with Crippen LogP contribution in [-0.4, -0.2) is 40.6 Å². The van der Waals surface area contributed by atoms with E-state index in [2.05, 4.69) is 23.7 Å². The SMILES string of the molecule is COc1ccc(NS(=O)(=O)c2ccc(Cl)cc2)c2c1CC(N(C)C)CC2. The number of nitrogens with one attached hydrogen (secondary N) is 1. The Kier molecular flexibility index (Phi) is 5.46. The lowest BCUT2D eigenvalue weighted by molar-refractivity contribution is 0.265. The third kappa shape index (κ3) is 3.82. The maximum absolute atomic E-state index is 12.7. The van der Waals surface area contributed by atoms with Gasteiger partial charge in [-0.25, -0.2) is 8.42 Å². The van der Waals surface area contributed by atoms with E-state index in [1.54, 1.807) is 25.3 Å². The van der Waals surface area contributed by atoms with Crippen LogP contribution in [-0.2, 0) is 22.9 Å². The van der Waals surface area contributed by atoms with E-state index in [0.717, 1.165) is 36.1 Å². The third-order valence-electron chi connectivity index (χ3n) is 4.87. The first-order valence-corrected chi connectivity index (χ1v) is 10.3. The van der Waals surface area contributed by atoms with Gasteiger partial charge in [0.15, 0.2) is 0 Å². The van der Waals surface area contributed by atoms with E-state index in [1.807, 2.05) is 6.07 Å². The molecule has 0 heterocycles. The molecule has 2 aromatic rings. The largest absolute Gasteiger partial charge is 0.496 e. The predicted molar refractivity (Wildman–Crippen MR) is 105 cm³/mol. The van der Waals surface area contributed by atoms with Gasteiger partial charge in [0.1, 0.15) is 5.75 Å². The number of fused-ring (bicyclic) bond motifs is 1. The van der Waals surface area contributed by atoms with Crippen molar-refractivity contribution in [3.8, 4) is 5.75 Å². The molecular formula is C19H23ClN2O3S. The maximum Gasteiger partial charge on any atom is 0.261 e. The molecule has 0 saturated heterocycles. The molecule has 0 amide bonds. The van der Waals surface area contributed by atoms with Crippen LogP contribution in [0.25, 0.3) is 0 Å². The van der Waals surface area contributed by atoms with Gasteiger partial charge in [-0.1, -0.05) is 11.6 Å². The molecular weight excluding hydrogens is 372 g/mol. The van der Waals surface area contributed by atoms with Crippen molar-refractivity contribution in [2.24, 2.45) is 0 Å². The molecule has 0 radical (unpaired) electrons. The quantitative estimate of drug-likeness (QED) is 0.842. The zero-order chi connectivity index (χ0) is 18.9. The molecule has 3 rings (SSSR count). The van der Waals surface area contributed by atoms with Crippen LogP contribution in [0.2, 0.25) is 5.02 Å². The van der Waals surface area contributed by atoms with Crippen LogP contribution in [0.4, 0.5) is 5.69 Å². The summed E-state index contributed by atoms with van der Waals surface area (Å²) in [7, 11) is 2.10. The highest BCUT2D eigenvalue weighted by Gasteiger charge is 2.26. The monoisotopic (exact) mass is 394 g/mol. The summed E-state index contributed by atoms with van der Waals surface area (Å²) in [6, 6.07) is 10.2. The summed E-state index contributed by atoms with van der Waals surface area (Å²) in [5.74, 6) is 0.806. The first-order chi connectivity index (χ1) is 12.3. The van der Waals surface area contributed by atoms with Crippen molar-refractivity contribution in [1.82, 2.24) is 4.90 Å². The van der Waals surface area contributed by atoms with Crippen LogP contribution in [0.5, 0.6) is 5.75 Å². The molecule has 1 unspecified atom stereocenters. The summed E-state index contributed by atoms with van der Waals surface area (Å²) in [5.41, 5.74) is 2.71. The van der Waals surface area contributed by atoms with E-state index < -0.39 is 10.0 Å². The van der Waals surface area contributed by atoms with Gasteiger partial charge < -0.3 is 9.64 Å². The Balaban J connectivity index is 1.97. The topological polar surface area (TPSA) is 58.6 Å². The standard InChI is InChI=1S/C19H23ClN2O3S/c1-22(2)14-6-9-16-17(12-14)19(25-3)11-10-18(16)21-26(23,24)15-7-4-13(20)5-8-15/h4-5,7-8,10-11,14,21H,6,9,12H2,1-3H3. The number of benzene rings is 2. The summed E-state index contributed by atoms with van der Waals surface area (Å²) in [4.78, 5) is 2.39. The van der Waals surface area contributed by atoms with Crippen LogP contribution in [0.15, 0.2) is 41.3 Å². The van der Waals surface area contributed by atoms with Crippen molar-refractivity contribution in [1.29, 1.82) is 0 Å². The van der Waals surface area contributed by atoms with E-state index >= 15 is 0 Å². The molecule has 0 aromatic heterocycles. The second-order valence-electron chi connectivity index (χ2n) is 6.69. The van der Waals surface area contributed by atoms with Crippen LogP contribution in [0.1, 0.15) is 17.5 Å². The van der Waals surface area contributed by atoms with Gasteiger partial charge in [-0.2, -0.15) is 0 Å². The summed E-state index contributed by atoms with van der Waals surface area (Å²) in [5, 5.41) is 0.500. The average Bonchev–Trinajstić information content (AvgIpc) is 2.61. The van der Waals surface area contributed by atoms with Crippen molar-refractivity contribution < 1.29 is 13.2 Å². The van der Waals surface area contributed by atoms with E-state index in [1.165, 1.54) is 12.1 Å². The highest BCUT2D eigenvalue weighted by atomic mass is 35.5. The Morgan fingerprint density at radius 1 is 1.12 bits per heavy atom. The summed E-state index contributed by atoms with van der Waals surface area (Å²) >= 11 is 5.86. The number of sulfonamides is 1. The number of likely N-dealkylation sites (N-methyl/N-ethyl adjacent to an activating group) is 1. The number of rotatable bonds is 5. The molecule has 0 spiro atoms. The van der Waals surface area contributed by atoms with Gasteiger partial charge in [-0.3, -0.25) is 4.72 Å². The summed E-state index contributed by atoms with van der Waals surface area (Å²) < 4.78 is 33.7. The second kappa shape index (κ2) is 7.47. The highest BCUT2D eigenvalue weighted by Crippen LogP contribution is 2.36. The Hall–Kier alpha value is -1.76. The fourth-order valence-electron chi connectivity index (χ4n) is 3.37. The molecule has 0 saturated carbocycles. The minimum Gasteiger partial charge on any atom is -0.496 e. The Labute approximate surface area is 160 Å². The first kappa shape index (κ1) is 19.0. The zero-order valence-electron chi connectivity index (χ0n) is 15.1. The fraction of sp³-hybridized carbons (Fsp3) is 0.368. The van der Waals surface area contributed by atoms with Gasteiger partial charge in [0.05, 0.1) is 17.7 Å². The van der Waals surface area contributed by atoms with Gasteiger partial charge in [0.2, 0.25) is 0 Å². The van der Waals surface area contributed by atoms with Crippen LogP contribution < -0.4 is 9.46 Å². The molecule has 7 heteroatoms. The number of nitrogens with zero attached hydrogens (tertiary/aromatic N) is 1. The minimum atomic E-state index is -3.67. The highest BCUT2D eigenvalue weighted by molar-refractivity contribution is 7.92. The van der Waals surface area contributed by atoms with Crippen LogP contribution in [0.3, 0.4) is 0 Å². The molecule has 1 N–H and O–H groups in total. The number of anilines is 1. The molecule has 0 fully saturated rings. The Morgan fingerprint density at radius 3 is 2.42 bits per heavy atom. The number of hydrogen-bond donors (Lipinski definition) is 1. The Morgan fingerprint density at radius 2 is 1.81 bits per heavy atom. The molecule has 1 atom stereocenters. The van der Waals surface area contributed by atoms with E-state index in [9.17, 15) is 8.42 Å². The van der Waals surface area contributed by atoms with Gasteiger partial charge in [0, 0.05) is 16.6 Å². The molecule has 5 nitrogen and oxygen atoms in total. The van der Waals surface area contributed by atoms with Crippen molar-refractivity contribution in [2.45, 2.75) is 30.2 Å². The van der Waals surface area contributed by atoms with Gasteiger partial charge in [0.25, 0.3) is 10.0 Å². The molecule has 26 heavy (non-hydrogen) atoms. The number of ether oxygens (including phenoxy) is 1. The van der Waals surface area contributed by atoms with Crippen molar-refractivity contribution in [3.05, 3.63) is 52.5 Å². The molecule has 0 aliphatic heterocycles. The number of hydrogen-bond acceptors (Lipinski definition) is 4. The first-order valence-electron chi connectivity index (χ1n) is 8.45. The van der Waals surface area contributed by atoms with Gasteiger partial charge in [-0.05, 0) is 75.3 Å². The molecule has 2 aromatic carbocycles.